The van der Waals surface area contributed by atoms with Gasteiger partial charge in [0.1, 0.15) is 0 Å². The second-order valence-corrected chi connectivity index (χ2v) is 8.51. The van der Waals surface area contributed by atoms with E-state index in [4.69, 9.17) is 12.2 Å². The predicted octanol–water partition coefficient (Wildman–Crippen LogP) is 1.63. The normalized spacial score (nSPS) is 17.5. The number of hydrogen-bond acceptors (Lipinski definition) is 6. The highest BCUT2D eigenvalue weighted by atomic mass is 32.2. The number of carbonyl (C=O) groups is 2. The van der Waals surface area contributed by atoms with Crippen LogP contribution in [0.3, 0.4) is 0 Å². The third-order valence-corrected chi connectivity index (χ3v) is 5.75. The maximum Gasteiger partial charge on any atom is 0.276 e. The first-order valence-electron chi connectivity index (χ1n) is 8.56. The number of benzene rings is 2. The van der Waals surface area contributed by atoms with E-state index in [1.807, 2.05) is 18.7 Å². The van der Waals surface area contributed by atoms with Gasteiger partial charge < -0.3 is 5.32 Å². The first-order chi connectivity index (χ1) is 13.7. The third-order valence-electron chi connectivity index (χ3n) is 4.22. The van der Waals surface area contributed by atoms with Crippen LogP contribution in [0, 0.1) is 19.8 Å². The second kappa shape index (κ2) is 8.10. The lowest BCUT2D eigenvalue weighted by Crippen LogP contribution is -2.58. The Kier molecular flexibility index (Phi) is 5.76. The topological polar surface area (TPSA) is 108 Å². The van der Waals surface area contributed by atoms with Crippen molar-refractivity contribution in [2.24, 2.45) is 11.0 Å². The summed E-state index contributed by atoms with van der Waals surface area (Å²) in [5.41, 5.74) is 2.39. The van der Waals surface area contributed by atoms with Gasteiger partial charge in [0, 0.05) is 6.21 Å². The number of thiocarbonyl (C=S) groups is 1. The first kappa shape index (κ1) is 20.6. The van der Waals surface area contributed by atoms with E-state index in [0.29, 0.717) is 5.69 Å². The van der Waals surface area contributed by atoms with E-state index in [1.54, 1.807) is 36.4 Å². The highest BCUT2D eigenvalue weighted by Crippen LogP contribution is 2.21. The molecule has 0 aliphatic carbocycles. The second-order valence-electron chi connectivity index (χ2n) is 6.47. The number of nitrogens with one attached hydrogen (secondary N) is 2. The van der Waals surface area contributed by atoms with Gasteiger partial charge in [-0.05, 0) is 50.3 Å². The summed E-state index contributed by atoms with van der Waals surface area (Å²) in [5, 5.41) is 6.01. The molecule has 2 aromatic rings. The zero-order chi connectivity index (χ0) is 21.2. The average Bonchev–Trinajstić information content (AvgIpc) is 2.66. The van der Waals surface area contributed by atoms with Gasteiger partial charge in [-0.25, -0.2) is 4.83 Å². The van der Waals surface area contributed by atoms with Crippen molar-refractivity contribution in [3.05, 3.63) is 59.7 Å². The van der Waals surface area contributed by atoms with Crippen LogP contribution in [0.2, 0.25) is 0 Å². The van der Waals surface area contributed by atoms with Crippen molar-refractivity contribution in [2.75, 3.05) is 4.90 Å². The maximum absolute atomic E-state index is 12.8. The van der Waals surface area contributed by atoms with Crippen molar-refractivity contribution < 1.29 is 18.0 Å². The maximum atomic E-state index is 12.8. The minimum absolute atomic E-state index is 0.0159. The smallest absolute Gasteiger partial charge is 0.276 e. The van der Waals surface area contributed by atoms with Crippen LogP contribution in [0.25, 0.3) is 0 Å². The molecule has 1 aliphatic rings. The molecule has 0 saturated carbocycles. The summed E-state index contributed by atoms with van der Waals surface area (Å²) in [6.07, 6.45) is 0.951. The van der Waals surface area contributed by atoms with E-state index in [1.165, 1.54) is 17.0 Å². The quantitative estimate of drug-likeness (QED) is 0.324. The zero-order valence-corrected chi connectivity index (χ0v) is 17.3. The van der Waals surface area contributed by atoms with Crippen molar-refractivity contribution in [1.29, 1.82) is 0 Å². The van der Waals surface area contributed by atoms with Crippen molar-refractivity contribution in [3.8, 4) is 0 Å². The van der Waals surface area contributed by atoms with E-state index in [9.17, 15) is 18.0 Å². The molecule has 1 aliphatic heterocycles. The molecule has 10 heteroatoms. The van der Waals surface area contributed by atoms with Gasteiger partial charge in [-0.1, -0.05) is 35.4 Å². The Labute approximate surface area is 173 Å². The van der Waals surface area contributed by atoms with Crippen LogP contribution >= 0.6 is 12.2 Å². The number of carbonyl (C=O) groups excluding carboxylic acids is 2. The molecular formula is C19H18N4O4S2. The fraction of sp³-hybridized carbons (Fsp3) is 0.158. The molecular weight excluding hydrogens is 412 g/mol. The molecule has 2 N–H and O–H groups in total. The van der Waals surface area contributed by atoms with Crippen LogP contribution in [0.5, 0.6) is 0 Å². The summed E-state index contributed by atoms with van der Waals surface area (Å²) in [5.74, 6) is -2.63. The third kappa shape index (κ3) is 4.49. The summed E-state index contributed by atoms with van der Waals surface area (Å²) in [4.78, 5) is 28.2. The zero-order valence-electron chi connectivity index (χ0n) is 15.6. The van der Waals surface area contributed by atoms with Crippen LogP contribution in [0.4, 0.5) is 5.69 Å². The van der Waals surface area contributed by atoms with Gasteiger partial charge in [-0.3, -0.25) is 14.5 Å². The number of hydrogen-bond donors (Lipinski definition) is 2. The number of rotatable bonds is 5. The number of hydrazone groups is 1. The molecule has 150 valence electrons. The van der Waals surface area contributed by atoms with Crippen molar-refractivity contribution in [1.82, 2.24) is 10.1 Å². The molecule has 1 saturated heterocycles. The number of sulfonamides is 1. The van der Waals surface area contributed by atoms with Crippen LogP contribution in [0.15, 0.2) is 58.5 Å². The van der Waals surface area contributed by atoms with Crippen LogP contribution in [-0.4, -0.2) is 31.6 Å². The molecule has 8 nitrogen and oxygen atoms in total. The number of amides is 2. The minimum Gasteiger partial charge on any atom is -0.301 e. The molecule has 3 rings (SSSR count). The predicted molar refractivity (Wildman–Crippen MR) is 113 cm³/mol. The van der Waals surface area contributed by atoms with E-state index in [-0.39, 0.29) is 10.0 Å². The number of aryl methyl sites for hydroxylation is 2. The van der Waals surface area contributed by atoms with Crippen molar-refractivity contribution >= 4 is 51.1 Å². The average molecular weight is 431 g/mol. The standard InChI is InChI=1S/C19H18N4O4S2/c1-12-3-7-14(8-4-12)23-18(25)16(17(24)21-19(23)28)11-20-22-29(26,27)15-9-5-13(2)6-10-15/h3-11,16,22H,1-2H3,(H,21,24,28)/b20-11+/t16-/m1/s1. The van der Waals surface area contributed by atoms with Gasteiger partial charge in [0.15, 0.2) is 11.0 Å². The van der Waals surface area contributed by atoms with Crippen LogP contribution < -0.4 is 15.0 Å². The molecule has 1 fully saturated rings. The number of nitrogens with zero attached hydrogens (tertiary/aromatic N) is 2. The van der Waals surface area contributed by atoms with Crippen LogP contribution in [-0.2, 0) is 19.6 Å². The lowest BCUT2D eigenvalue weighted by molar-refractivity contribution is -0.130. The molecule has 0 radical (unpaired) electrons. The van der Waals surface area contributed by atoms with E-state index in [2.05, 4.69) is 10.4 Å². The van der Waals surface area contributed by atoms with Gasteiger partial charge in [-0.2, -0.15) is 13.5 Å². The first-order valence-corrected chi connectivity index (χ1v) is 10.5. The Balaban J connectivity index is 1.79. The fourth-order valence-corrected chi connectivity index (χ4v) is 3.70. The molecule has 0 unspecified atom stereocenters. The molecule has 1 atom stereocenters. The van der Waals surface area contributed by atoms with E-state index >= 15 is 0 Å². The molecule has 0 spiro atoms. The molecule has 29 heavy (non-hydrogen) atoms. The van der Waals surface area contributed by atoms with Crippen molar-refractivity contribution in [3.63, 3.8) is 0 Å². The Morgan fingerprint density at radius 1 is 1.03 bits per heavy atom. The Morgan fingerprint density at radius 2 is 1.59 bits per heavy atom. The Hall–Kier alpha value is -3.11. The summed E-state index contributed by atoms with van der Waals surface area (Å²) in [6, 6.07) is 13.2. The lowest BCUT2D eigenvalue weighted by atomic mass is 10.1. The Morgan fingerprint density at radius 3 is 2.17 bits per heavy atom. The van der Waals surface area contributed by atoms with Crippen LogP contribution in [0.1, 0.15) is 11.1 Å². The molecule has 2 amide bonds. The summed E-state index contributed by atoms with van der Waals surface area (Å²) >= 11 is 5.11. The lowest BCUT2D eigenvalue weighted by Gasteiger charge is -2.30. The highest BCUT2D eigenvalue weighted by molar-refractivity contribution is 7.89. The monoisotopic (exact) mass is 430 g/mol. The molecule has 2 aromatic carbocycles. The summed E-state index contributed by atoms with van der Waals surface area (Å²) < 4.78 is 24.6. The number of anilines is 1. The van der Waals surface area contributed by atoms with Gasteiger partial charge in [0.25, 0.3) is 15.9 Å². The van der Waals surface area contributed by atoms with Gasteiger partial charge >= 0.3 is 0 Å². The van der Waals surface area contributed by atoms with Gasteiger partial charge in [-0.15, -0.1) is 0 Å². The Bertz CT molecular complexity index is 1090. The molecule has 0 aromatic heterocycles. The largest absolute Gasteiger partial charge is 0.301 e. The van der Waals surface area contributed by atoms with Crippen molar-refractivity contribution in [2.45, 2.75) is 18.7 Å². The molecule has 1 heterocycles. The SMILES string of the molecule is Cc1ccc(N2C(=O)[C@H](/C=N/NS(=O)(=O)c3ccc(C)cc3)C(=O)NC2=S)cc1. The van der Waals surface area contributed by atoms with E-state index in [0.717, 1.165) is 17.3 Å². The van der Waals surface area contributed by atoms with Gasteiger partial charge in [0.05, 0.1) is 10.6 Å². The summed E-state index contributed by atoms with van der Waals surface area (Å²) in [6.45, 7) is 3.73. The minimum atomic E-state index is -3.92. The van der Waals surface area contributed by atoms with Gasteiger partial charge in [0.2, 0.25) is 5.91 Å². The fourth-order valence-electron chi connectivity index (χ4n) is 2.60. The summed E-state index contributed by atoms with van der Waals surface area (Å²) in [7, 11) is -3.92. The molecule has 0 bridgehead atoms. The van der Waals surface area contributed by atoms with E-state index < -0.39 is 27.8 Å². The highest BCUT2D eigenvalue weighted by Gasteiger charge is 2.38.